The van der Waals surface area contributed by atoms with Crippen LogP contribution in [0.4, 0.5) is 13.2 Å². The first kappa shape index (κ1) is 14.6. The first-order valence-electron chi connectivity index (χ1n) is 6.32. The Hall–Kier alpha value is -1.82. The monoisotopic (exact) mass is 284 g/mol. The van der Waals surface area contributed by atoms with E-state index in [1.807, 2.05) is 0 Å². The van der Waals surface area contributed by atoms with Crippen molar-refractivity contribution in [2.24, 2.45) is 0 Å². The summed E-state index contributed by atoms with van der Waals surface area (Å²) in [5.41, 5.74) is -0.349. The summed E-state index contributed by atoms with van der Waals surface area (Å²) in [6.07, 6.45) is -1.63. The Labute approximate surface area is 115 Å². The van der Waals surface area contributed by atoms with Crippen molar-refractivity contribution in [3.63, 3.8) is 0 Å². The Bertz CT molecular complexity index is 505. The Morgan fingerprint density at radius 3 is 2.60 bits per heavy atom. The van der Waals surface area contributed by atoms with Crippen molar-refractivity contribution in [3.8, 4) is 0 Å². The van der Waals surface area contributed by atoms with Crippen LogP contribution in [-0.2, 0) is 11.0 Å². The van der Waals surface area contributed by atoms with E-state index in [4.69, 9.17) is 0 Å². The number of carbonyl (C=O) groups excluding carboxylic acids is 1. The van der Waals surface area contributed by atoms with E-state index in [9.17, 15) is 18.0 Å². The highest BCUT2D eigenvalue weighted by atomic mass is 19.4. The van der Waals surface area contributed by atoms with E-state index < -0.39 is 11.7 Å². The maximum Gasteiger partial charge on any atom is 0.416 e. The second-order valence-corrected chi connectivity index (χ2v) is 4.53. The smallest absolute Gasteiger partial charge is 0.337 e. The summed E-state index contributed by atoms with van der Waals surface area (Å²) in [5, 5.41) is 3.12. The van der Waals surface area contributed by atoms with Crippen LogP contribution >= 0.6 is 0 Å². The number of piperazine rings is 1. The molecule has 1 aliphatic rings. The molecule has 3 nitrogen and oxygen atoms in total. The zero-order chi connectivity index (χ0) is 14.6. The molecule has 0 aromatic heterocycles. The number of benzene rings is 1. The molecule has 1 aliphatic heterocycles. The Balaban J connectivity index is 2.05. The van der Waals surface area contributed by atoms with Crippen molar-refractivity contribution in [2.45, 2.75) is 6.18 Å². The van der Waals surface area contributed by atoms with Gasteiger partial charge >= 0.3 is 6.18 Å². The molecule has 1 aromatic carbocycles. The van der Waals surface area contributed by atoms with Gasteiger partial charge in [-0.15, -0.1) is 0 Å². The second kappa shape index (κ2) is 6.09. The van der Waals surface area contributed by atoms with E-state index in [1.165, 1.54) is 24.3 Å². The lowest BCUT2D eigenvalue weighted by Crippen LogP contribution is -2.45. The lowest BCUT2D eigenvalue weighted by Gasteiger charge is -2.26. The third kappa shape index (κ3) is 3.84. The summed E-state index contributed by atoms with van der Waals surface area (Å²) in [5.74, 6) is -0.177. The van der Waals surface area contributed by atoms with Crippen LogP contribution in [0.2, 0.25) is 0 Å². The SMILES string of the molecule is O=C(C=Cc1cccc(C(F)(F)F)c1)N1CCNCC1. The Morgan fingerprint density at radius 2 is 1.95 bits per heavy atom. The fourth-order valence-corrected chi connectivity index (χ4v) is 1.98. The topological polar surface area (TPSA) is 32.3 Å². The van der Waals surface area contributed by atoms with Crippen LogP contribution in [0.3, 0.4) is 0 Å². The standard InChI is InChI=1S/C14H15F3N2O/c15-14(16,17)12-3-1-2-11(10-12)4-5-13(20)19-8-6-18-7-9-19/h1-5,10,18H,6-9H2. The largest absolute Gasteiger partial charge is 0.416 e. The molecule has 1 fully saturated rings. The quantitative estimate of drug-likeness (QED) is 0.844. The molecule has 1 aromatic rings. The molecule has 1 N–H and O–H groups in total. The van der Waals surface area contributed by atoms with Crippen LogP contribution < -0.4 is 5.32 Å². The summed E-state index contributed by atoms with van der Waals surface area (Å²) < 4.78 is 37.7. The van der Waals surface area contributed by atoms with E-state index in [0.29, 0.717) is 18.7 Å². The average molecular weight is 284 g/mol. The summed E-state index contributed by atoms with van der Waals surface area (Å²) in [7, 11) is 0. The number of alkyl halides is 3. The Morgan fingerprint density at radius 1 is 1.25 bits per heavy atom. The molecule has 0 atom stereocenters. The van der Waals surface area contributed by atoms with Crippen molar-refractivity contribution >= 4 is 12.0 Å². The van der Waals surface area contributed by atoms with Gasteiger partial charge in [-0.1, -0.05) is 12.1 Å². The van der Waals surface area contributed by atoms with Gasteiger partial charge < -0.3 is 10.2 Å². The summed E-state index contributed by atoms with van der Waals surface area (Å²) in [6, 6.07) is 4.91. The first-order chi connectivity index (χ1) is 9.47. The van der Waals surface area contributed by atoms with Crippen LogP contribution in [0.5, 0.6) is 0 Å². The lowest BCUT2D eigenvalue weighted by atomic mass is 10.1. The van der Waals surface area contributed by atoms with Crippen molar-refractivity contribution < 1.29 is 18.0 Å². The highest BCUT2D eigenvalue weighted by Crippen LogP contribution is 2.29. The van der Waals surface area contributed by atoms with Crippen LogP contribution in [0.1, 0.15) is 11.1 Å². The van der Waals surface area contributed by atoms with Crippen molar-refractivity contribution in [1.82, 2.24) is 10.2 Å². The maximum absolute atomic E-state index is 12.6. The Kier molecular flexibility index (Phi) is 4.44. The molecule has 0 aliphatic carbocycles. The molecule has 2 rings (SSSR count). The fourth-order valence-electron chi connectivity index (χ4n) is 1.98. The van der Waals surface area contributed by atoms with Gasteiger partial charge in [-0.25, -0.2) is 0 Å². The van der Waals surface area contributed by atoms with Crippen molar-refractivity contribution in [2.75, 3.05) is 26.2 Å². The summed E-state index contributed by atoms with van der Waals surface area (Å²) >= 11 is 0. The normalized spacial score (nSPS) is 16.6. The van der Waals surface area contributed by atoms with E-state index in [-0.39, 0.29) is 5.91 Å². The lowest BCUT2D eigenvalue weighted by molar-refractivity contribution is -0.137. The van der Waals surface area contributed by atoms with Crippen LogP contribution in [-0.4, -0.2) is 37.0 Å². The number of nitrogens with one attached hydrogen (secondary N) is 1. The number of hydrogen-bond donors (Lipinski definition) is 1. The minimum atomic E-state index is -4.37. The highest BCUT2D eigenvalue weighted by molar-refractivity contribution is 5.91. The third-order valence-electron chi connectivity index (χ3n) is 3.06. The van der Waals surface area contributed by atoms with Gasteiger partial charge in [0.1, 0.15) is 0 Å². The molecule has 0 spiro atoms. The predicted molar refractivity (Wildman–Crippen MR) is 69.9 cm³/mol. The molecular weight excluding hydrogens is 269 g/mol. The molecule has 1 heterocycles. The van der Waals surface area contributed by atoms with Gasteiger partial charge in [0.2, 0.25) is 5.91 Å². The molecule has 1 saturated heterocycles. The van der Waals surface area contributed by atoms with Crippen molar-refractivity contribution in [3.05, 3.63) is 41.5 Å². The molecular formula is C14H15F3N2O. The number of nitrogens with zero attached hydrogens (tertiary/aromatic N) is 1. The van der Waals surface area contributed by atoms with Gasteiger partial charge in [-0.3, -0.25) is 4.79 Å². The first-order valence-corrected chi connectivity index (χ1v) is 6.32. The van der Waals surface area contributed by atoms with Gasteiger partial charge in [0.15, 0.2) is 0 Å². The molecule has 20 heavy (non-hydrogen) atoms. The van der Waals surface area contributed by atoms with E-state index in [2.05, 4.69) is 5.32 Å². The van der Waals surface area contributed by atoms with Crippen LogP contribution in [0.15, 0.2) is 30.3 Å². The van der Waals surface area contributed by atoms with Gasteiger partial charge in [0.25, 0.3) is 0 Å². The van der Waals surface area contributed by atoms with Crippen molar-refractivity contribution in [1.29, 1.82) is 0 Å². The summed E-state index contributed by atoms with van der Waals surface area (Å²) in [6.45, 7) is 2.71. The minimum absolute atomic E-state index is 0.177. The summed E-state index contributed by atoms with van der Waals surface area (Å²) in [4.78, 5) is 13.5. The van der Waals surface area contributed by atoms with E-state index >= 15 is 0 Å². The van der Waals surface area contributed by atoms with E-state index in [1.54, 1.807) is 4.90 Å². The van der Waals surface area contributed by atoms with Crippen LogP contribution in [0, 0.1) is 0 Å². The number of halogens is 3. The number of rotatable bonds is 2. The third-order valence-corrected chi connectivity index (χ3v) is 3.06. The zero-order valence-electron chi connectivity index (χ0n) is 10.8. The van der Waals surface area contributed by atoms with Gasteiger partial charge in [0, 0.05) is 32.3 Å². The van der Waals surface area contributed by atoms with Crippen LogP contribution in [0.25, 0.3) is 6.08 Å². The molecule has 0 bridgehead atoms. The molecule has 108 valence electrons. The number of amides is 1. The molecule has 0 unspecified atom stereocenters. The second-order valence-electron chi connectivity index (χ2n) is 4.53. The van der Waals surface area contributed by atoms with Gasteiger partial charge in [-0.2, -0.15) is 13.2 Å². The van der Waals surface area contributed by atoms with Gasteiger partial charge in [0.05, 0.1) is 5.56 Å². The highest BCUT2D eigenvalue weighted by Gasteiger charge is 2.30. The van der Waals surface area contributed by atoms with Gasteiger partial charge in [-0.05, 0) is 23.8 Å². The maximum atomic E-state index is 12.6. The predicted octanol–water partition coefficient (Wildman–Crippen LogP) is 2.15. The number of hydrogen-bond acceptors (Lipinski definition) is 2. The molecule has 0 radical (unpaired) electrons. The minimum Gasteiger partial charge on any atom is -0.337 e. The fraction of sp³-hybridized carbons (Fsp3) is 0.357. The zero-order valence-corrected chi connectivity index (χ0v) is 10.8. The van der Waals surface area contributed by atoms with E-state index in [0.717, 1.165) is 25.2 Å². The molecule has 1 amide bonds. The average Bonchev–Trinajstić information content (AvgIpc) is 2.45. The molecule has 6 heteroatoms. The number of carbonyl (C=O) groups is 1. The molecule has 0 saturated carbocycles.